The summed E-state index contributed by atoms with van der Waals surface area (Å²) in [5, 5.41) is 0. The van der Waals surface area contributed by atoms with Gasteiger partial charge in [0.05, 0.1) is 6.61 Å². The highest BCUT2D eigenvalue weighted by Gasteiger charge is 2.42. The molecule has 104 valence electrons. The topological polar surface area (TPSA) is 21.7 Å². The summed E-state index contributed by atoms with van der Waals surface area (Å²) in [6.45, 7) is 4.34. The monoisotopic (exact) mass is 261 g/mol. The lowest BCUT2D eigenvalue weighted by Crippen LogP contribution is -2.43. The van der Waals surface area contributed by atoms with Crippen LogP contribution in [0.15, 0.2) is 24.3 Å². The molecule has 3 heteroatoms. The third-order valence-electron chi connectivity index (χ3n) is 4.35. The molecule has 1 unspecified atom stereocenters. The van der Waals surface area contributed by atoms with E-state index < -0.39 is 0 Å². The first kappa shape index (κ1) is 12.9. The Bertz CT molecular complexity index is 413. The van der Waals surface area contributed by atoms with E-state index in [1.807, 2.05) is 0 Å². The van der Waals surface area contributed by atoms with Crippen LogP contribution >= 0.6 is 0 Å². The zero-order valence-corrected chi connectivity index (χ0v) is 11.7. The standard InChI is InChI=1S/C16H23NO2/c1-18-12-7-14-3-5-15(6-4-14)19-16-8-2-10-17(13-16)11-9-16/h3-6H,2,7-13H2,1H3/t16-/m0/s1. The fraction of sp³-hybridized carbons (Fsp3) is 0.625. The highest BCUT2D eigenvalue weighted by Crippen LogP contribution is 2.35. The van der Waals surface area contributed by atoms with Crippen molar-refractivity contribution in [2.24, 2.45) is 0 Å². The molecule has 0 spiro atoms. The van der Waals surface area contributed by atoms with Gasteiger partial charge in [0.2, 0.25) is 0 Å². The molecule has 0 amide bonds. The maximum Gasteiger partial charge on any atom is 0.123 e. The van der Waals surface area contributed by atoms with Gasteiger partial charge in [-0.05, 0) is 43.5 Å². The molecule has 0 aromatic heterocycles. The smallest absolute Gasteiger partial charge is 0.123 e. The second-order valence-electron chi connectivity index (χ2n) is 5.80. The molecule has 0 N–H and O–H groups in total. The van der Waals surface area contributed by atoms with Crippen LogP contribution in [0, 0.1) is 0 Å². The molecule has 0 radical (unpaired) electrons. The van der Waals surface area contributed by atoms with Crippen molar-refractivity contribution in [2.75, 3.05) is 33.4 Å². The fourth-order valence-electron chi connectivity index (χ4n) is 3.28. The van der Waals surface area contributed by atoms with E-state index in [9.17, 15) is 0 Å². The van der Waals surface area contributed by atoms with Gasteiger partial charge in [0.15, 0.2) is 0 Å². The first-order valence-electron chi connectivity index (χ1n) is 7.29. The van der Waals surface area contributed by atoms with Gasteiger partial charge in [0.25, 0.3) is 0 Å². The van der Waals surface area contributed by atoms with Crippen molar-refractivity contribution in [3.05, 3.63) is 29.8 Å². The van der Waals surface area contributed by atoms with Crippen LogP contribution in [0.4, 0.5) is 0 Å². The lowest BCUT2D eigenvalue weighted by Gasteiger charge is -2.34. The van der Waals surface area contributed by atoms with Gasteiger partial charge < -0.3 is 9.47 Å². The van der Waals surface area contributed by atoms with Crippen molar-refractivity contribution in [3.63, 3.8) is 0 Å². The van der Waals surface area contributed by atoms with Crippen LogP contribution < -0.4 is 4.74 Å². The summed E-state index contributed by atoms with van der Waals surface area (Å²) in [7, 11) is 1.74. The third-order valence-corrected chi connectivity index (χ3v) is 4.35. The quantitative estimate of drug-likeness (QED) is 0.813. The zero-order chi connectivity index (χ0) is 13.1. The van der Waals surface area contributed by atoms with Crippen molar-refractivity contribution in [1.29, 1.82) is 0 Å². The summed E-state index contributed by atoms with van der Waals surface area (Å²) < 4.78 is 11.4. The predicted molar refractivity (Wildman–Crippen MR) is 75.7 cm³/mol. The number of ether oxygens (including phenoxy) is 2. The van der Waals surface area contributed by atoms with Crippen molar-refractivity contribution in [2.45, 2.75) is 31.3 Å². The van der Waals surface area contributed by atoms with E-state index in [1.165, 1.54) is 37.9 Å². The molecule has 2 saturated heterocycles. The Morgan fingerprint density at radius 1 is 1.16 bits per heavy atom. The Kier molecular flexibility index (Phi) is 3.76. The van der Waals surface area contributed by atoms with Crippen LogP contribution in [0.5, 0.6) is 5.75 Å². The van der Waals surface area contributed by atoms with Crippen LogP contribution in [-0.4, -0.2) is 43.9 Å². The zero-order valence-electron chi connectivity index (χ0n) is 11.7. The SMILES string of the molecule is COCCc1ccc(O[C@@]23CCCN(CC2)C3)cc1. The summed E-state index contributed by atoms with van der Waals surface area (Å²) in [5.41, 5.74) is 1.40. The molecule has 1 aromatic carbocycles. The lowest BCUT2D eigenvalue weighted by atomic mass is 9.94. The molecule has 2 aliphatic heterocycles. The average Bonchev–Trinajstić information content (AvgIpc) is 2.73. The minimum absolute atomic E-state index is 0.0896. The fourth-order valence-corrected chi connectivity index (χ4v) is 3.28. The molecule has 2 heterocycles. The van der Waals surface area contributed by atoms with Gasteiger partial charge in [-0.2, -0.15) is 0 Å². The number of hydrogen-bond donors (Lipinski definition) is 0. The minimum atomic E-state index is 0.0896. The van der Waals surface area contributed by atoms with Crippen molar-refractivity contribution < 1.29 is 9.47 Å². The van der Waals surface area contributed by atoms with Crippen LogP contribution in [-0.2, 0) is 11.2 Å². The molecule has 2 aliphatic rings. The Labute approximate surface area is 115 Å². The van der Waals surface area contributed by atoms with E-state index >= 15 is 0 Å². The summed E-state index contributed by atoms with van der Waals surface area (Å²) in [6, 6.07) is 8.52. The molecule has 2 fully saturated rings. The summed E-state index contributed by atoms with van der Waals surface area (Å²) in [6.07, 6.45) is 4.62. The second-order valence-corrected chi connectivity index (χ2v) is 5.80. The lowest BCUT2D eigenvalue weighted by molar-refractivity contribution is 0.0453. The van der Waals surface area contributed by atoms with Gasteiger partial charge in [0, 0.05) is 26.6 Å². The van der Waals surface area contributed by atoms with Gasteiger partial charge in [-0.3, -0.25) is 4.90 Å². The number of fused-ring (bicyclic) bond motifs is 2. The highest BCUT2D eigenvalue weighted by molar-refractivity contribution is 5.28. The second kappa shape index (κ2) is 5.51. The van der Waals surface area contributed by atoms with Gasteiger partial charge in [-0.25, -0.2) is 0 Å². The third kappa shape index (κ3) is 2.93. The Morgan fingerprint density at radius 3 is 2.79 bits per heavy atom. The maximum atomic E-state index is 6.32. The van der Waals surface area contributed by atoms with Crippen LogP contribution in [0.3, 0.4) is 0 Å². The Hall–Kier alpha value is -1.06. The molecular weight excluding hydrogens is 238 g/mol. The minimum Gasteiger partial charge on any atom is -0.486 e. The maximum absolute atomic E-state index is 6.32. The molecule has 0 aliphatic carbocycles. The number of rotatable bonds is 5. The molecule has 2 atom stereocenters. The molecule has 3 nitrogen and oxygen atoms in total. The molecule has 0 saturated carbocycles. The number of hydrogen-bond acceptors (Lipinski definition) is 3. The van der Waals surface area contributed by atoms with E-state index in [-0.39, 0.29) is 5.60 Å². The summed E-state index contributed by atoms with van der Waals surface area (Å²) >= 11 is 0. The Morgan fingerprint density at radius 2 is 2.00 bits per heavy atom. The Balaban J connectivity index is 1.63. The molecular formula is C16H23NO2. The average molecular weight is 261 g/mol. The van der Waals surface area contributed by atoms with Crippen molar-refractivity contribution >= 4 is 0 Å². The van der Waals surface area contributed by atoms with Gasteiger partial charge in [-0.1, -0.05) is 12.1 Å². The van der Waals surface area contributed by atoms with E-state index in [0.717, 1.165) is 25.3 Å². The molecule has 2 bridgehead atoms. The number of nitrogens with zero attached hydrogens (tertiary/aromatic N) is 1. The first-order valence-corrected chi connectivity index (χ1v) is 7.29. The van der Waals surface area contributed by atoms with Crippen molar-refractivity contribution in [1.82, 2.24) is 4.90 Å². The van der Waals surface area contributed by atoms with Crippen LogP contribution in [0.2, 0.25) is 0 Å². The van der Waals surface area contributed by atoms with E-state index in [0.29, 0.717) is 0 Å². The van der Waals surface area contributed by atoms with Crippen LogP contribution in [0.1, 0.15) is 24.8 Å². The summed E-state index contributed by atoms with van der Waals surface area (Å²) in [5.74, 6) is 1.02. The van der Waals surface area contributed by atoms with Gasteiger partial charge in [-0.15, -0.1) is 0 Å². The highest BCUT2D eigenvalue weighted by atomic mass is 16.5. The van der Waals surface area contributed by atoms with Gasteiger partial charge >= 0.3 is 0 Å². The van der Waals surface area contributed by atoms with Gasteiger partial charge in [0.1, 0.15) is 11.4 Å². The largest absolute Gasteiger partial charge is 0.486 e. The van der Waals surface area contributed by atoms with E-state index in [2.05, 4.69) is 29.2 Å². The summed E-state index contributed by atoms with van der Waals surface area (Å²) in [4.78, 5) is 2.52. The first-order chi connectivity index (χ1) is 9.30. The molecule has 1 aromatic rings. The molecule has 19 heavy (non-hydrogen) atoms. The number of methoxy groups -OCH3 is 1. The number of piperidine rings is 1. The predicted octanol–water partition coefficient (Wildman–Crippen LogP) is 2.49. The number of benzene rings is 1. The van der Waals surface area contributed by atoms with Crippen LogP contribution in [0.25, 0.3) is 0 Å². The van der Waals surface area contributed by atoms with Crippen molar-refractivity contribution in [3.8, 4) is 5.75 Å². The normalized spacial score (nSPS) is 29.4. The van der Waals surface area contributed by atoms with E-state index in [4.69, 9.17) is 9.47 Å². The van der Waals surface area contributed by atoms with E-state index in [1.54, 1.807) is 7.11 Å². The molecule has 3 rings (SSSR count).